The highest BCUT2D eigenvalue weighted by atomic mass is 32.2. The Balaban J connectivity index is 2.29. The van der Waals surface area contributed by atoms with Crippen LogP contribution in [0, 0.1) is 5.92 Å². The zero-order valence-electron chi connectivity index (χ0n) is 7.79. The Bertz CT molecular complexity index is 233. The van der Waals surface area contributed by atoms with Gasteiger partial charge in [-0.25, -0.2) is 8.42 Å². The van der Waals surface area contributed by atoms with E-state index in [1.165, 1.54) is 0 Å². The highest BCUT2D eigenvalue weighted by Crippen LogP contribution is 2.07. The molecule has 1 heterocycles. The predicted molar refractivity (Wildman–Crippen MR) is 48.7 cm³/mol. The van der Waals surface area contributed by atoms with Gasteiger partial charge in [0.25, 0.3) is 0 Å². The van der Waals surface area contributed by atoms with Crippen molar-refractivity contribution in [1.82, 2.24) is 0 Å². The second-order valence-corrected chi connectivity index (χ2v) is 6.26. The van der Waals surface area contributed by atoms with Crippen LogP contribution < -0.4 is 5.32 Å². The molecule has 0 spiro atoms. The molecular formula is C8H18NO2S+. The van der Waals surface area contributed by atoms with E-state index in [2.05, 4.69) is 19.2 Å². The van der Waals surface area contributed by atoms with Gasteiger partial charge in [-0.1, -0.05) is 13.8 Å². The topological polar surface area (TPSA) is 50.8 Å². The smallest absolute Gasteiger partial charge is 0.156 e. The summed E-state index contributed by atoms with van der Waals surface area (Å²) < 4.78 is 22.1. The number of nitrogens with two attached hydrogens (primary N) is 1. The van der Waals surface area contributed by atoms with E-state index >= 15 is 0 Å². The van der Waals surface area contributed by atoms with E-state index in [0.29, 0.717) is 23.5 Å². The minimum Gasteiger partial charge on any atom is -0.343 e. The maximum absolute atomic E-state index is 11.1. The van der Waals surface area contributed by atoms with Crippen LogP contribution in [0.1, 0.15) is 20.3 Å². The number of rotatable bonds is 3. The minimum atomic E-state index is -2.67. The summed E-state index contributed by atoms with van der Waals surface area (Å²) in [6.07, 6.45) is 0.842. The molecule has 1 aliphatic heterocycles. The largest absolute Gasteiger partial charge is 0.343 e. The van der Waals surface area contributed by atoms with Gasteiger partial charge in [-0.05, 0) is 0 Å². The molecule has 0 aromatic heterocycles. The lowest BCUT2D eigenvalue weighted by Crippen LogP contribution is -2.91. The summed E-state index contributed by atoms with van der Waals surface area (Å²) in [6.45, 7) is 5.35. The molecule has 0 bridgehead atoms. The van der Waals surface area contributed by atoms with Crippen LogP contribution in [-0.4, -0.2) is 32.5 Å². The van der Waals surface area contributed by atoms with Crippen LogP contribution in [0.15, 0.2) is 0 Å². The van der Waals surface area contributed by atoms with Crippen molar-refractivity contribution >= 4 is 9.84 Å². The van der Waals surface area contributed by atoms with Crippen molar-refractivity contribution in [2.24, 2.45) is 5.92 Å². The Morgan fingerprint density at radius 1 is 1.50 bits per heavy atom. The van der Waals surface area contributed by atoms with Crippen LogP contribution in [0.4, 0.5) is 0 Å². The first-order chi connectivity index (χ1) is 5.49. The summed E-state index contributed by atoms with van der Waals surface area (Å²) in [5.74, 6) is 1.43. The summed E-state index contributed by atoms with van der Waals surface area (Å²) in [5, 5.41) is 2.18. The molecule has 3 nitrogen and oxygen atoms in total. The van der Waals surface area contributed by atoms with Gasteiger partial charge in [0.15, 0.2) is 9.84 Å². The van der Waals surface area contributed by atoms with E-state index in [9.17, 15) is 8.42 Å². The van der Waals surface area contributed by atoms with Crippen molar-refractivity contribution in [1.29, 1.82) is 0 Å². The average Bonchev–Trinajstić information content (AvgIpc) is 2.26. The fourth-order valence-corrected chi connectivity index (χ4v) is 3.26. The van der Waals surface area contributed by atoms with Gasteiger partial charge < -0.3 is 5.32 Å². The molecule has 1 atom stereocenters. The van der Waals surface area contributed by atoms with Crippen LogP contribution in [-0.2, 0) is 9.84 Å². The van der Waals surface area contributed by atoms with Crippen molar-refractivity contribution in [2.45, 2.75) is 26.3 Å². The quantitative estimate of drug-likeness (QED) is 0.649. The highest BCUT2D eigenvalue weighted by molar-refractivity contribution is 7.91. The molecule has 2 N–H and O–H groups in total. The van der Waals surface area contributed by atoms with Crippen molar-refractivity contribution in [3.05, 3.63) is 0 Å². The molecule has 0 amide bonds. The second-order valence-electron chi connectivity index (χ2n) is 4.03. The zero-order valence-corrected chi connectivity index (χ0v) is 8.60. The molecule has 0 saturated carbocycles. The molecule has 0 aromatic rings. The first-order valence-corrected chi connectivity index (χ1v) is 6.35. The van der Waals surface area contributed by atoms with Gasteiger partial charge in [-0.15, -0.1) is 0 Å². The molecule has 1 fully saturated rings. The highest BCUT2D eigenvalue weighted by Gasteiger charge is 2.30. The summed E-state index contributed by atoms with van der Waals surface area (Å²) >= 11 is 0. The third-order valence-electron chi connectivity index (χ3n) is 2.21. The van der Waals surface area contributed by atoms with E-state index in [-0.39, 0.29) is 0 Å². The first-order valence-electron chi connectivity index (χ1n) is 4.53. The van der Waals surface area contributed by atoms with Gasteiger partial charge in [0.05, 0.1) is 12.3 Å². The van der Waals surface area contributed by atoms with E-state index in [1.807, 2.05) is 0 Å². The van der Waals surface area contributed by atoms with Gasteiger partial charge in [0, 0.05) is 12.3 Å². The van der Waals surface area contributed by atoms with Gasteiger partial charge in [-0.3, -0.25) is 0 Å². The summed E-state index contributed by atoms with van der Waals surface area (Å²) in [5.41, 5.74) is 0. The lowest BCUT2D eigenvalue weighted by molar-refractivity contribution is -0.688. The monoisotopic (exact) mass is 192 g/mol. The van der Waals surface area contributed by atoms with Crippen molar-refractivity contribution < 1.29 is 13.7 Å². The molecule has 72 valence electrons. The van der Waals surface area contributed by atoms with Gasteiger partial charge >= 0.3 is 0 Å². The van der Waals surface area contributed by atoms with E-state index in [4.69, 9.17) is 0 Å². The van der Waals surface area contributed by atoms with Gasteiger partial charge in [-0.2, -0.15) is 0 Å². The number of hydrogen-bond donors (Lipinski definition) is 1. The van der Waals surface area contributed by atoms with E-state index in [0.717, 1.165) is 13.0 Å². The molecule has 1 aliphatic rings. The van der Waals surface area contributed by atoms with Crippen molar-refractivity contribution in [2.75, 3.05) is 18.1 Å². The lowest BCUT2D eigenvalue weighted by Gasteiger charge is -2.08. The Labute approximate surface area is 74.5 Å². The van der Waals surface area contributed by atoms with Crippen molar-refractivity contribution in [3.8, 4) is 0 Å². The predicted octanol–water partition coefficient (Wildman–Crippen LogP) is -0.607. The van der Waals surface area contributed by atoms with Gasteiger partial charge in [0.1, 0.15) is 11.8 Å². The van der Waals surface area contributed by atoms with Crippen LogP contribution in [0.3, 0.4) is 0 Å². The number of quaternary nitrogens is 1. The molecule has 4 heteroatoms. The van der Waals surface area contributed by atoms with Crippen LogP contribution in [0.5, 0.6) is 0 Å². The summed E-state index contributed by atoms with van der Waals surface area (Å²) in [7, 11) is -2.67. The van der Waals surface area contributed by atoms with E-state index in [1.54, 1.807) is 0 Å². The zero-order chi connectivity index (χ0) is 9.19. The summed E-state index contributed by atoms with van der Waals surface area (Å²) in [4.78, 5) is 0. The van der Waals surface area contributed by atoms with E-state index < -0.39 is 9.84 Å². The van der Waals surface area contributed by atoms with Crippen LogP contribution in [0.25, 0.3) is 0 Å². The maximum Gasteiger partial charge on any atom is 0.156 e. The molecule has 0 aromatic carbocycles. The molecule has 1 saturated heterocycles. The molecule has 0 unspecified atom stereocenters. The Hall–Kier alpha value is -0.0900. The Morgan fingerprint density at radius 3 is 2.58 bits per heavy atom. The Kier molecular flexibility index (Phi) is 3.12. The number of hydrogen-bond acceptors (Lipinski definition) is 2. The van der Waals surface area contributed by atoms with Crippen molar-refractivity contribution in [3.63, 3.8) is 0 Å². The van der Waals surface area contributed by atoms with Crippen LogP contribution >= 0.6 is 0 Å². The SMILES string of the molecule is CC(C)C[NH2+][C@H]1CCS(=O)(=O)C1. The molecule has 1 rings (SSSR count). The average molecular weight is 192 g/mol. The molecule has 0 aliphatic carbocycles. The van der Waals surface area contributed by atoms with Crippen LogP contribution in [0.2, 0.25) is 0 Å². The fraction of sp³-hybridized carbons (Fsp3) is 1.00. The second kappa shape index (κ2) is 3.75. The normalized spacial score (nSPS) is 28.1. The Morgan fingerprint density at radius 2 is 2.17 bits per heavy atom. The minimum absolute atomic E-state index is 0.331. The lowest BCUT2D eigenvalue weighted by atomic mass is 10.2. The summed E-state index contributed by atoms with van der Waals surface area (Å²) in [6, 6.07) is 0.331. The third-order valence-corrected chi connectivity index (χ3v) is 4.00. The third kappa shape index (κ3) is 3.11. The first kappa shape index (κ1) is 9.99. The van der Waals surface area contributed by atoms with Gasteiger partial charge in [0.2, 0.25) is 0 Å². The molecule has 0 radical (unpaired) electrons. The molecule has 12 heavy (non-hydrogen) atoms. The maximum atomic E-state index is 11.1. The fourth-order valence-electron chi connectivity index (χ4n) is 1.47. The number of sulfone groups is 1. The standard InChI is InChI=1S/C8H17NO2S/c1-7(2)5-9-8-3-4-12(10,11)6-8/h7-9H,3-6H2,1-2H3/p+1/t8-/m0/s1. The molecular weight excluding hydrogens is 174 g/mol.